The van der Waals surface area contributed by atoms with Gasteiger partial charge in [-0.2, -0.15) is 0 Å². The van der Waals surface area contributed by atoms with E-state index in [1.807, 2.05) is 0 Å². The lowest BCUT2D eigenvalue weighted by Gasteiger charge is -2.25. The summed E-state index contributed by atoms with van der Waals surface area (Å²) in [7, 11) is 2.90. The summed E-state index contributed by atoms with van der Waals surface area (Å²) in [6, 6.07) is 9.55. The first kappa shape index (κ1) is 19.3. The van der Waals surface area contributed by atoms with E-state index in [1.54, 1.807) is 24.3 Å². The Morgan fingerprint density at radius 1 is 1.04 bits per heavy atom. The van der Waals surface area contributed by atoms with Crippen molar-refractivity contribution in [3.8, 4) is 23.0 Å². The minimum absolute atomic E-state index is 0.0103. The van der Waals surface area contributed by atoms with Crippen LogP contribution in [0.4, 0.5) is 0 Å². The molecule has 2 aromatic carbocycles. The van der Waals surface area contributed by atoms with Crippen molar-refractivity contribution >= 4 is 0 Å². The molecule has 7 heteroatoms. The van der Waals surface area contributed by atoms with Gasteiger partial charge in [-0.1, -0.05) is 12.1 Å². The van der Waals surface area contributed by atoms with Crippen LogP contribution in [0.3, 0.4) is 0 Å². The summed E-state index contributed by atoms with van der Waals surface area (Å²) in [6.07, 6.45) is -1.34. The number of aliphatic hydroxyl groups is 2. The molecule has 1 heterocycles. The first-order valence-electron chi connectivity index (χ1n) is 8.64. The van der Waals surface area contributed by atoms with Gasteiger partial charge in [0.25, 0.3) is 0 Å². The van der Waals surface area contributed by atoms with Crippen LogP contribution in [0, 0.1) is 11.8 Å². The van der Waals surface area contributed by atoms with Gasteiger partial charge in [0.15, 0.2) is 23.0 Å². The minimum Gasteiger partial charge on any atom is -0.504 e. The summed E-state index contributed by atoms with van der Waals surface area (Å²) in [4.78, 5) is 0. The summed E-state index contributed by atoms with van der Waals surface area (Å²) in [5, 5.41) is 40.3. The summed E-state index contributed by atoms with van der Waals surface area (Å²) in [5.41, 5.74) is 1.32. The molecule has 0 spiro atoms. The summed E-state index contributed by atoms with van der Waals surface area (Å²) in [5.74, 6) is -0.106. The van der Waals surface area contributed by atoms with Crippen LogP contribution in [0.1, 0.15) is 23.3 Å². The highest BCUT2D eigenvalue weighted by atomic mass is 16.5. The highest BCUT2D eigenvalue weighted by Gasteiger charge is 2.42. The van der Waals surface area contributed by atoms with E-state index in [1.165, 1.54) is 26.4 Å². The average Bonchev–Trinajstić information content (AvgIpc) is 3.12. The molecule has 1 fully saturated rings. The van der Waals surface area contributed by atoms with Gasteiger partial charge in [0.1, 0.15) is 0 Å². The van der Waals surface area contributed by atoms with Gasteiger partial charge in [0.05, 0.1) is 33.0 Å². The van der Waals surface area contributed by atoms with Crippen molar-refractivity contribution in [2.24, 2.45) is 11.8 Å². The van der Waals surface area contributed by atoms with Gasteiger partial charge in [-0.15, -0.1) is 0 Å². The number of rotatable bonds is 6. The average molecular weight is 376 g/mol. The van der Waals surface area contributed by atoms with E-state index in [9.17, 15) is 20.4 Å². The zero-order valence-corrected chi connectivity index (χ0v) is 15.2. The first-order valence-corrected chi connectivity index (χ1v) is 8.64. The number of ether oxygens (including phenoxy) is 3. The van der Waals surface area contributed by atoms with Crippen LogP contribution < -0.4 is 9.47 Å². The minimum atomic E-state index is -0.902. The fourth-order valence-electron chi connectivity index (χ4n) is 3.58. The Morgan fingerprint density at radius 3 is 2.30 bits per heavy atom. The maximum Gasteiger partial charge on any atom is 0.160 e. The number of benzene rings is 2. The summed E-state index contributed by atoms with van der Waals surface area (Å²) >= 11 is 0. The van der Waals surface area contributed by atoms with Gasteiger partial charge in [0, 0.05) is 18.4 Å². The molecule has 1 saturated heterocycles. The van der Waals surface area contributed by atoms with E-state index >= 15 is 0 Å². The molecule has 7 nitrogen and oxygen atoms in total. The molecule has 0 amide bonds. The van der Waals surface area contributed by atoms with E-state index in [0.717, 1.165) is 5.56 Å². The van der Waals surface area contributed by atoms with Crippen molar-refractivity contribution in [1.82, 2.24) is 0 Å². The van der Waals surface area contributed by atoms with Crippen molar-refractivity contribution < 1.29 is 34.6 Å². The van der Waals surface area contributed by atoms with Gasteiger partial charge in [-0.3, -0.25) is 0 Å². The third kappa shape index (κ3) is 3.66. The van der Waals surface area contributed by atoms with Crippen LogP contribution in [-0.2, 0) is 4.74 Å². The van der Waals surface area contributed by atoms with Crippen LogP contribution in [-0.4, -0.2) is 47.9 Å². The molecule has 0 aliphatic carbocycles. The molecule has 146 valence electrons. The molecule has 0 bridgehead atoms. The normalized spacial score (nSPS) is 23.2. The second-order valence-electron chi connectivity index (χ2n) is 6.57. The second-order valence-corrected chi connectivity index (χ2v) is 6.57. The SMILES string of the molecule is COc1cc(C(O)C2CO[C@H](c3ccc(O)c(OC)c3)C2CO)ccc1O. The molecule has 27 heavy (non-hydrogen) atoms. The Labute approximate surface area is 157 Å². The Kier molecular flexibility index (Phi) is 5.74. The highest BCUT2D eigenvalue weighted by Crippen LogP contribution is 2.45. The topological polar surface area (TPSA) is 109 Å². The molecule has 0 aromatic heterocycles. The lowest BCUT2D eigenvalue weighted by molar-refractivity contribution is 0.0632. The molecule has 0 saturated carbocycles. The molecular weight excluding hydrogens is 352 g/mol. The van der Waals surface area contributed by atoms with Crippen molar-refractivity contribution in [2.75, 3.05) is 27.4 Å². The Morgan fingerprint density at radius 2 is 1.67 bits per heavy atom. The Balaban J connectivity index is 1.86. The van der Waals surface area contributed by atoms with Crippen LogP contribution in [0.15, 0.2) is 36.4 Å². The zero-order chi connectivity index (χ0) is 19.6. The highest BCUT2D eigenvalue weighted by molar-refractivity contribution is 5.44. The van der Waals surface area contributed by atoms with Gasteiger partial charge in [-0.05, 0) is 35.4 Å². The van der Waals surface area contributed by atoms with Gasteiger partial charge >= 0.3 is 0 Å². The van der Waals surface area contributed by atoms with Crippen molar-refractivity contribution in [1.29, 1.82) is 0 Å². The number of hydrogen-bond acceptors (Lipinski definition) is 7. The predicted molar refractivity (Wildman–Crippen MR) is 97.0 cm³/mol. The molecular formula is C20H24O7. The van der Waals surface area contributed by atoms with Gasteiger partial charge in [-0.25, -0.2) is 0 Å². The van der Waals surface area contributed by atoms with Crippen LogP contribution in [0.5, 0.6) is 23.0 Å². The first-order chi connectivity index (χ1) is 13.0. The largest absolute Gasteiger partial charge is 0.504 e. The second kappa shape index (κ2) is 8.04. The predicted octanol–water partition coefficient (Wildman–Crippen LogP) is 2.14. The monoisotopic (exact) mass is 376 g/mol. The quantitative estimate of drug-likeness (QED) is 0.612. The number of aromatic hydroxyl groups is 2. The number of phenols is 2. The molecule has 0 radical (unpaired) electrons. The zero-order valence-electron chi connectivity index (χ0n) is 15.2. The molecule has 4 N–H and O–H groups in total. The van der Waals surface area contributed by atoms with E-state index in [2.05, 4.69) is 0 Å². The summed E-state index contributed by atoms with van der Waals surface area (Å²) < 4.78 is 16.1. The number of aliphatic hydroxyl groups excluding tert-OH is 2. The lowest BCUT2D eigenvalue weighted by atomic mass is 9.82. The molecule has 2 aromatic rings. The fraction of sp³-hybridized carbons (Fsp3) is 0.400. The maximum absolute atomic E-state index is 10.8. The lowest BCUT2D eigenvalue weighted by Crippen LogP contribution is -2.25. The van der Waals surface area contributed by atoms with E-state index in [-0.39, 0.29) is 42.3 Å². The smallest absolute Gasteiger partial charge is 0.160 e. The number of phenolic OH excluding ortho intramolecular Hbond substituents is 2. The van der Waals surface area contributed by atoms with E-state index in [0.29, 0.717) is 11.3 Å². The third-order valence-electron chi connectivity index (χ3n) is 5.10. The van der Waals surface area contributed by atoms with Crippen LogP contribution in [0.2, 0.25) is 0 Å². The number of hydrogen-bond donors (Lipinski definition) is 4. The molecule has 1 aliphatic rings. The molecule has 4 atom stereocenters. The maximum atomic E-state index is 10.8. The molecule has 3 rings (SSSR count). The van der Waals surface area contributed by atoms with Crippen molar-refractivity contribution in [3.05, 3.63) is 47.5 Å². The Hall–Kier alpha value is -2.48. The van der Waals surface area contributed by atoms with Gasteiger partial charge < -0.3 is 34.6 Å². The van der Waals surface area contributed by atoms with Crippen LogP contribution in [0.25, 0.3) is 0 Å². The van der Waals surface area contributed by atoms with E-state index < -0.39 is 12.2 Å². The Bertz CT molecular complexity index is 792. The van der Waals surface area contributed by atoms with Gasteiger partial charge in [0.2, 0.25) is 0 Å². The molecule has 3 unspecified atom stereocenters. The third-order valence-corrected chi connectivity index (χ3v) is 5.10. The molecule has 1 aliphatic heterocycles. The standard InChI is InChI=1S/C20H24O7/c1-25-17-7-11(3-5-15(17)22)19(24)14-10-27-20(13(14)9-21)12-4-6-16(23)18(8-12)26-2/h3-8,13-14,19-24H,9-10H2,1-2H3/t13?,14?,19?,20-/m1/s1. The fourth-order valence-corrected chi connectivity index (χ4v) is 3.58. The van der Waals surface area contributed by atoms with Crippen molar-refractivity contribution in [2.45, 2.75) is 12.2 Å². The van der Waals surface area contributed by atoms with E-state index in [4.69, 9.17) is 14.2 Å². The van der Waals surface area contributed by atoms with Crippen molar-refractivity contribution in [3.63, 3.8) is 0 Å². The summed E-state index contributed by atoms with van der Waals surface area (Å²) in [6.45, 7) is 0.0776. The number of methoxy groups -OCH3 is 2. The van der Waals surface area contributed by atoms with Crippen LogP contribution >= 0.6 is 0 Å².